The molecule has 0 bridgehead atoms. The molecule has 0 amide bonds. The first-order chi connectivity index (χ1) is 30.3. The Balaban J connectivity index is 0.000000309. The summed E-state index contributed by atoms with van der Waals surface area (Å²) in [7, 11) is 0. The van der Waals surface area contributed by atoms with Crippen LogP contribution in [0.15, 0.2) is 89.0 Å². The number of aromatic nitrogens is 3. The zero-order valence-corrected chi connectivity index (χ0v) is 39.6. The minimum Gasteiger partial charge on any atom is -1.00 e. The minimum absolute atomic E-state index is 0. The van der Waals surface area contributed by atoms with E-state index >= 15 is 0 Å². The van der Waals surface area contributed by atoms with E-state index in [0.717, 1.165) is 39.3 Å². The zero-order valence-electron chi connectivity index (χ0n) is 36.7. The second-order valence-electron chi connectivity index (χ2n) is 16.2. The van der Waals surface area contributed by atoms with Crippen LogP contribution in [0.5, 0.6) is 0 Å². The molecule has 0 saturated carbocycles. The van der Waals surface area contributed by atoms with Crippen molar-refractivity contribution in [3.63, 3.8) is 0 Å². The van der Waals surface area contributed by atoms with Crippen LogP contribution >= 0.6 is 11.6 Å². The Labute approximate surface area is 404 Å². The Morgan fingerprint density at radius 2 is 1.09 bits per heavy atom. The van der Waals surface area contributed by atoms with E-state index in [0.29, 0.717) is 44.0 Å². The van der Waals surface area contributed by atoms with E-state index in [4.69, 9.17) is 43.1 Å². The predicted octanol–water partition coefficient (Wildman–Crippen LogP) is -2.33. The molecule has 7 rings (SSSR count). The Kier molecular flexibility index (Phi) is 27.0. The van der Waals surface area contributed by atoms with Gasteiger partial charge in [-0.05, 0) is 89.3 Å². The van der Waals surface area contributed by atoms with E-state index in [-0.39, 0.29) is 67.1 Å². The van der Waals surface area contributed by atoms with E-state index in [1.165, 1.54) is 119 Å². The number of rotatable bonds is 13. The van der Waals surface area contributed by atoms with Crippen molar-refractivity contribution in [1.82, 2.24) is 9.80 Å². The number of amidine groups is 2. The van der Waals surface area contributed by atoms with E-state index in [1.54, 1.807) is 30.3 Å². The SMILES string of the molecule is N/C(=N\O)c1ccc[n+]([O-])c1.N/C(=N\OCC(O)CN1CCCCC1)c1ccc[n+]([O-])c1.OC1C[N+]2(CCCCC2)C1.[Cl-].[O-][n+]1cccc(/C(Cl)=N/OCC(O)CN2CCCCC2)c1.[V]. The summed E-state index contributed by atoms with van der Waals surface area (Å²) in [5.74, 6) is 0.0422. The van der Waals surface area contributed by atoms with E-state index < -0.39 is 12.2 Å². The number of nitrogens with zero attached hydrogens (tertiary/aromatic N) is 9. The number of β-amino-alcohol motifs (C(OH)–C–C–N with tert-alkyl or cyclic N) is 2. The molecule has 65 heavy (non-hydrogen) atoms. The number of nitrogens with two attached hydrogens (primary N) is 2. The molecule has 4 fully saturated rings. The molecule has 2 unspecified atom stereocenters. The molecule has 23 heteroatoms. The molecule has 3 aromatic heterocycles. The van der Waals surface area contributed by atoms with Crippen molar-refractivity contribution in [2.45, 2.75) is 76.1 Å². The van der Waals surface area contributed by atoms with Crippen LogP contribution in [-0.2, 0) is 28.2 Å². The number of halogens is 2. The molecule has 20 nitrogen and oxygen atoms in total. The molecule has 0 aromatic carbocycles. The van der Waals surface area contributed by atoms with Crippen molar-refractivity contribution in [3.05, 3.63) is 106 Å². The van der Waals surface area contributed by atoms with E-state index in [1.807, 2.05) is 0 Å². The predicted molar refractivity (Wildman–Crippen MR) is 236 cm³/mol. The van der Waals surface area contributed by atoms with Crippen molar-refractivity contribution in [1.29, 1.82) is 0 Å². The number of hydrogen-bond donors (Lipinski definition) is 6. The van der Waals surface area contributed by atoms with Crippen LogP contribution in [0.1, 0.15) is 74.5 Å². The molecular weight excluding hydrogens is 924 g/mol. The fourth-order valence-electron chi connectivity index (χ4n) is 7.70. The minimum atomic E-state index is -0.600. The monoisotopic (exact) mass is 988 g/mol. The van der Waals surface area contributed by atoms with Gasteiger partial charge in [-0.25, -0.2) is 0 Å². The Morgan fingerprint density at radius 3 is 1.52 bits per heavy atom. The van der Waals surface area contributed by atoms with Gasteiger partial charge in [-0.15, -0.1) is 0 Å². The average molecular weight is 990 g/mol. The van der Waals surface area contributed by atoms with Gasteiger partial charge < -0.3 is 84.0 Å². The molecule has 361 valence electrons. The van der Waals surface area contributed by atoms with Gasteiger partial charge >= 0.3 is 0 Å². The molecule has 4 aliphatic rings. The van der Waals surface area contributed by atoms with Crippen LogP contribution in [0, 0.1) is 15.6 Å². The fourth-order valence-corrected chi connectivity index (χ4v) is 7.86. The molecule has 2 atom stereocenters. The number of piperidine rings is 3. The average Bonchev–Trinajstić information content (AvgIpc) is 3.27. The van der Waals surface area contributed by atoms with Gasteiger partial charge in [0.05, 0.1) is 29.8 Å². The Bertz CT molecular complexity index is 1790. The molecule has 0 aliphatic carbocycles. The summed E-state index contributed by atoms with van der Waals surface area (Å²) in [6, 6.07) is 9.57. The topological polar surface area (TPSA) is 276 Å². The van der Waals surface area contributed by atoms with Crippen molar-refractivity contribution in [2.24, 2.45) is 26.9 Å². The summed E-state index contributed by atoms with van der Waals surface area (Å²) in [6.07, 6.45) is 18.1. The maximum absolute atomic E-state index is 11.1. The van der Waals surface area contributed by atoms with Gasteiger partial charge in [-0.1, -0.05) is 39.9 Å². The summed E-state index contributed by atoms with van der Waals surface area (Å²) in [4.78, 5) is 14.6. The van der Waals surface area contributed by atoms with Crippen LogP contribution < -0.4 is 38.1 Å². The van der Waals surface area contributed by atoms with Gasteiger partial charge in [0.2, 0.25) is 0 Å². The number of hydrogen-bond acceptors (Lipinski definition) is 14. The molecule has 4 aliphatic heterocycles. The summed E-state index contributed by atoms with van der Waals surface area (Å²) in [6.45, 7) is 10.2. The summed E-state index contributed by atoms with van der Waals surface area (Å²) >= 11 is 5.93. The normalized spacial score (nSPS) is 18.8. The van der Waals surface area contributed by atoms with Gasteiger partial charge in [0.15, 0.2) is 60.1 Å². The molecule has 1 spiro atoms. The van der Waals surface area contributed by atoms with Crippen LogP contribution in [0.4, 0.5) is 0 Å². The third kappa shape index (κ3) is 21.8. The molecule has 1 radical (unpaired) electrons. The van der Waals surface area contributed by atoms with Gasteiger partial charge in [0.1, 0.15) is 38.5 Å². The van der Waals surface area contributed by atoms with E-state index in [9.17, 15) is 25.8 Å². The van der Waals surface area contributed by atoms with Crippen LogP contribution in [0.3, 0.4) is 0 Å². The van der Waals surface area contributed by atoms with Crippen molar-refractivity contribution in [3.8, 4) is 0 Å². The van der Waals surface area contributed by atoms with Crippen molar-refractivity contribution < 1.29 is 79.8 Å². The molecule has 7 heterocycles. The maximum atomic E-state index is 11.1. The molecule has 4 saturated heterocycles. The summed E-state index contributed by atoms with van der Waals surface area (Å²) < 4.78 is 3.09. The summed E-state index contributed by atoms with van der Waals surface area (Å²) in [5.41, 5.74) is 12.3. The number of likely N-dealkylation sites (tertiary alicyclic amines) is 2. The standard InChI is InChI=1S/C14H20ClN3O3.C14H22N4O3.C8H16NO.C6H7N3O2.ClH.V/c2*15-14(12-5-4-8-18(20)9-12)16-21-11-13(19)10-17-6-2-1-3-7-17;10-8-6-9(7-8)4-2-1-3-5-9;7-6(8-10)5-2-1-3-9(11)4-5;;/h4-5,8-9,13,19H,1-3,6-7,10-11H2;4-5,8-9,13,19H,1-3,6-7,10-11H2,(H2,15,16);8,10H,1-7H2;1-4,10H,(H2,7,8);1H;/q;;+1;;;/p-1/b16-14-;;;;;. The van der Waals surface area contributed by atoms with Gasteiger partial charge in [-0.2, -0.15) is 14.2 Å². The number of oxime groups is 3. The van der Waals surface area contributed by atoms with Gasteiger partial charge in [0, 0.05) is 49.8 Å². The summed E-state index contributed by atoms with van der Waals surface area (Å²) in [5, 5.41) is 80.3. The molecule has 8 N–H and O–H groups in total. The van der Waals surface area contributed by atoms with E-state index in [2.05, 4.69) is 25.3 Å². The van der Waals surface area contributed by atoms with Gasteiger partial charge in [-0.3, -0.25) is 0 Å². The Morgan fingerprint density at radius 1 is 0.692 bits per heavy atom. The number of aliphatic hydroxyl groups is 3. The fraction of sp³-hybridized carbons (Fsp3) is 0.571. The first-order valence-corrected chi connectivity index (χ1v) is 21.9. The number of aliphatic hydroxyl groups excluding tert-OH is 3. The van der Waals surface area contributed by atoms with Crippen molar-refractivity contribution >= 4 is 28.4 Å². The third-order valence-corrected chi connectivity index (χ3v) is 11.2. The molecular formula is C42H65Cl2N11O9V. The quantitative estimate of drug-likeness (QED) is 0.0200. The van der Waals surface area contributed by atoms with Crippen LogP contribution in [-0.4, -0.2) is 149 Å². The number of quaternary nitrogens is 1. The second kappa shape index (κ2) is 30.9. The van der Waals surface area contributed by atoms with Crippen LogP contribution in [0.25, 0.3) is 0 Å². The first-order valence-electron chi connectivity index (χ1n) is 21.5. The largest absolute Gasteiger partial charge is 1.00 e. The first kappa shape index (κ1) is 56.9. The van der Waals surface area contributed by atoms with Crippen molar-refractivity contribution in [2.75, 3.05) is 78.7 Å². The smallest absolute Gasteiger partial charge is 0.191 e. The van der Waals surface area contributed by atoms with Crippen LogP contribution in [0.2, 0.25) is 0 Å². The third-order valence-electron chi connectivity index (χ3n) is 10.9. The van der Waals surface area contributed by atoms with Gasteiger partial charge in [0.25, 0.3) is 0 Å². The second-order valence-corrected chi connectivity index (χ2v) is 16.5. The zero-order chi connectivity index (χ0) is 45.5. The molecule has 3 aromatic rings. The maximum Gasteiger partial charge on any atom is 0.191 e. The number of pyridine rings is 3. The Hall–Kier alpha value is -4.22.